The molecule has 0 amide bonds. The first-order chi connectivity index (χ1) is 8.70. The van der Waals surface area contributed by atoms with Gasteiger partial charge in [-0.1, -0.05) is 6.92 Å². The predicted molar refractivity (Wildman–Crippen MR) is 71.2 cm³/mol. The molecule has 1 aliphatic rings. The van der Waals surface area contributed by atoms with Crippen molar-refractivity contribution in [1.82, 2.24) is 14.5 Å². The summed E-state index contributed by atoms with van der Waals surface area (Å²) in [6.45, 7) is 8.83. The largest absolute Gasteiger partial charge is 0.374 e. The topological polar surface area (TPSA) is 56.3 Å². The van der Waals surface area contributed by atoms with Gasteiger partial charge in [-0.3, -0.25) is 4.90 Å². The van der Waals surface area contributed by atoms with Crippen LogP contribution in [0.1, 0.15) is 26.0 Å². The van der Waals surface area contributed by atoms with Crippen LogP contribution in [0.4, 0.5) is 0 Å². The standard InChI is InChI=1S/C13H24N4O/c1-3-4-17-10-15-7-12(17)8-16-5-6-18-13(9-16)11(2)14/h7,10-11,13H,3-6,8-9,14H2,1-2H3. The summed E-state index contributed by atoms with van der Waals surface area (Å²) >= 11 is 0. The van der Waals surface area contributed by atoms with E-state index < -0.39 is 0 Å². The van der Waals surface area contributed by atoms with Crippen LogP contribution in [0, 0.1) is 0 Å². The van der Waals surface area contributed by atoms with Gasteiger partial charge in [0.05, 0.1) is 24.7 Å². The van der Waals surface area contributed by atoms with Gasteiger partial charge < -0.3 is 15.0 Å². The van der Waals surface area contributed by atoms with Crippen molar-refractivity contribution in [3.05, 3.63) is 18.2 Å². The molecule has 5 nitrogen and oxygen atoms in total. The minimum absolute atomic E-state index is 0.0911. The second-order valence-corrected chi connectivity index (χ2v) is 5.08. The molecule has 1 aliphatic heterocycles. The summed E-state index contributed by atoms with van der Waals surface area (Å²) in [5, 5.41) is 0. The van der Waals surface area contributed by atoms with Crippen LogP contribution in [-0.4, -0.2) is 46.3 Å². The van der Waals surface area contributed by atoms with E-state index in [-0.39, 0.29) is 12.1 Å². The Morgan fingerprint density at radius 2 is 2.44 bits per heavy atom. The number of hydrogen-bond donors (Lipinski definition) is 1. The molecule has 0 spiro atoms. The molecule has 1 aromatic rings. The summed E-state index contributed by atoms with van der Waals surface area (Å²) in [6.07, 6.45) is 5.17. The molecule has 1 saturated heterocycles. The normalized spacial score (nSPS) is 23.2. The number of ether oxygens (including phenoxy) is 1. The van der Waals surface area contributed by atoms with Gasteiger partial charge in [-0.25, -0.2) is 4.98 Å². The van der Waals surface area contributed by atoms with Crippen molar-refractivity contribution in [1.29, 1.82) is 0 Å². The lowest BCUT2D eigenvalue weighted by atomic mass is 10.1. The minimum atomic E-state index is 0.0911. The summed E-state index contributed by atoms with van der Waals surface area (Å²) in [5.74, 6) is 0. The van der Waals surface area contributed by atoms with Crippen molar-refractivity contribution >= 4 is 0 Å². The Bertz CT molecular complexity index is 364. The van der Waals surface area contributed by atoms with Crippen molar-refractivity contribution in [3.63, 3.8) is 0 Å². The van der Waals surface area contributed by atoms with Crippen molar-refractivity contribution in [2.24, 2.45) is 5.73 Å². The van der Waals surface area contributed by atoms with E-state index in [9.17, 15) is 0 Å². The highest BCUT2D eigenvalue weighted by atomic mass is 16.5. The molecule has 2 unspecified atom stereocenters. The zero-order valence-electron chi connectivity index (χ0n) is 11.4. The zero-order valence-corrected chi connectivity index (χ0v) is 11.4. The molecular weight excluding hydrogens is 228 g/mol. The fraction of sp³-hybridized carbons (Fsp3) is 0.769. The Balaban J connectivity index is 1.94. The number of hydrogen-bond acceptors (Lipinski definition) is 4. The van der Waals surface area contributed by atoms with Crippen LogP contribution in [0.15, 0.2) is 12.5 Å². The molecule has 1 fully saturated rings. The van der Waals surface area contributed by atoms with E-state index >= 15 is 0 Å². The van der Waals surface area contributed by atoms with E-state index in [4.69, 9.17) is 10.5 Å². The van der Waals surface area contributed by atoms with Crippen molar-refractivity contribution in [2.45, 2.75) is 45.5 Å². The molecule has 5 heteroatoms. The van der Waals surface area contributed by atoms with Crippen LogP contribution in [0.3, 0.4) is 0 Å². The number of morpholine rings is 1. The third kappa shape index (κ3) is 3.31. The lowest BCUT2D eigenvalue weighted by molar-refractivity contribution is -0.0409. The number of aryl methyl sites for hydroxylation is 1. The fourth-order valence-corrected chi connectivity index (χ4v) is 2.34. The van der Waals surface area contributed by atoms with Gasteiger partial charge in [0.15, 0.2) is 0 Å². The summed E-state index contributed by atoms with van der Waals surface area (Å²) in [7, 11) is 0. The molecule has 0 aromatic carbocycles. The highest BCUT2D eigenvalue weighted by molar-refractivity contribution is 4.99. The molecule has 0 saturated carbocycles. The summed E-state index contributed by atoms with van der Waals surface area (Å²) in [6, 6.07) is 0.0911. The quantitative estimate of drug-likeness (QED) is 0.844. The Hall–Kier alpha value is -0.910. The van der Waals surface area contributed by atoms with Gasteiger partial charge in [-0.2, -0.15) is 0 Å². The first-order valence-corrected chi connectivity index (χ1v) is 6.79. The van der Waals surface area contributed by atoms with Gasteiger partial charge in [0.2, 0.25) is 0 Å². The average Bonchev–Trinajstić information content (AvgIpc) is 2.77. The van der Waals surface area contributed by atoms with E-state index in [0.717, 1.165) is 39.2 Å². The summed E-state index contributed by atoms with van der Waals surface area (Å²) in [4.78, 5) is 6.64. The number of imidazole rings is 1. The molecule has 2 heterocycles. The molecule has 2 atom stereocenters. The third-order valence-electron chi connectivity index (χ3n) is 3.41. The minimum Gasteiger partial charge on any atom is -0.374 e. The molecule has 2 rings (SSSR count). The van der Waals surface area contributed by atoms with E-state index in [2.05, 4.69) is 21.4 Å². The average molecular weight is 252 g/mol. The number of nitrogens with zero attached hydrogens (tertiary/aromatic N) is 3. The smallest absolute Gasteiger partial charge is 0.0948 e. The highest BCUT2D eigenvalue weighted by Gasteiger charge is 2.23. The first kappa shape index (κ1) is 13.5. The summed E-state index contributed by atoms with van der Waals surface area (Å²) in [5.41, 5.74) is 7.19. The zero-order chi connectivity index (χ0) is 13.0. The number of rotatable bonds is 5. The maximum Gasteiger partial charge on any atom is 0.0948 e. The Morgan fingerprint density at radius 3 is 3.17 bits per heavy atom. The molecule has 1 aromatic heterocycles. The number of aromatic nitrogens is 2. The van der Waals surface area contributed by atoms with E-state index in [1.807, 2.05) is 19.4 Å². The molecule has 102 valence electrons. The van der Waals surface area contributed by atoms with Gasteiger partial charge in [0.25, 0.3) is 0 Å². The highest BCUT2D eigenvalue weighted by Crippen LogP contribution is 2.12. The second-order valence-electron chi connectivity index (χ2n) is 5.08. The Kier molecular flexibility index (Phi) is 4.74. The molecule has 2 N–H and O–H groups in total. The molecule has 0 bridgehead atoms. The van der Waals surface area contributed by atoms with Crippen LogP contribution < -0.4 is 5.73 Å². The van der Waals surface area contributed by atoms with Gasteiger partial charge in [-0.05, 0) is 13.3 Å². The maximum atomic E-state index is 5.91. The molecule has 18 heavy (non-hydrogen) atoms. The van der Waals surface area contributed by atoms with Gasteiger partial charge in [0.1, 0.15) is 0 Å². The Labute approximate surface area is 109 Å². The van der Waals surface area contributed by atoms with Crippen LogP contribution in [-0.2, 0) is 17.8 Å². The second kappa shape index (κ2) is 6.31. The van der Waals surface area contributed by atoms with Crippen molar-refractivity contribution in [2.75, 3.05) is 19.7 Å². The molecule has 0 aliphatic carbocycles. The monoisotopic (exact) mass is 252 g/mol. The fourth-order valence-electron chi connectivity index (χ4n) is 2.34. The lowest BCUT2D eigenvalue weighted by Gasteiger charge is -2.34. The van der Waals surface area contributed by atoms with Gasteiger partial charge in [0, 0.05) is 38.4 Å². The number of nitrogens with two attached hydrogens (primary N) is 1. The van der Waals surface area contributed by atoms with Crippen molar-refractivity contribution < 1.29 is 4.74 Å². The van der Waals surface area contributed by atoms with Crippen molar-refractivity contribution in [3.8, 4) is 0 Å². The van der Waals surface area contributed by atoms with Gasteiger partial charge >= 0.3 is 0 Å². The lowest BCUT2D eigenvalue weighted by Crippen LogP contribution is -2.49. The van der Waals surface area contributed by atoms with E-state index in [0.29, 0.717) is 0 Å². The maximum absolute atomic E-state index is 5.91. The summed E-state index contributed by atoms with van der Waals surface area (Å²) < 4.78 is 7.91. The SMILES string of the molecule is CCCn1cncc1CN1CCOC(C(C)N)C1. The van der Waals surface area contributed by atoms with Crippen LogP contribution in [0.5, 0.6) is 0 Å². The van der Waals surface area contributed by atoms with Gasteiger partial charge in [-0.15, -0.1) is 0 Å². The van der Waals surface area contributed by atoms with E-state index in [1.165, 1.54) is 5.69 Å². The first-order valence-electron chi connectivity index (χ1n) is 6.79. The van der Waals surface area contributed by atoms with Crippen LogP contribution in [0.25, 0.3) is 0 Å². The molecular formula is C13H24N4O. The molecule has 0 radical (unpaired) electrons. The van der Waals surface area contributed by atoms with Crippen LogP contribution in [0.2, 0.25) is 0 Å². The Morgan fingerprint density at radius 1 is 1.61 bits per heavy atom. The predicted octanol–water partition coefficient (Wildman–Crippen LogP) is 0.841. The van der Waals surface area contributed by atoms with E-state index in [1.54, 1.807) is 0 Å². The third-order valence-corrected chi connectivity index (χ3v) is 3.41. The van der Waals surface area contributed by atoms with Crippen LogP contribution >= 0.6 is 0 Å².